The van der Waals surface area contributed by atoms with Crippen molar-refractivity contribution in [3.8, 4) is 0 Å². The van der Waals surface area contributed by atoms with E-state index in [1.165, 1.54) is 13.0 Å². The minimum Gasteiger partial charge on any atom is -0.327 e. The zero-order valence-corrected chi connectivity index (χ0v) is 12.2. The van der Waals surface area contributed by atoms with E-state index in [9.17, 15) is 0 Å². The van der Waals surface area contributed by atoms with Crippen LogP contribution in [-0.2, 0) is 0 Å². The van der Waals surface area contributed by atoms with Crippen LogP contribution in [0.1, 0.15) is 40.5 Å². The van der Waals surface area contributed by atoms with Gasteiger partial charge in [-0.1, -0.05) is 27.7 Å². The summed E-state index contributed by atoms with van der Waals surface area (Å²) in [5, 5.41) is 0. The smallest absolute Gasteiger partial charge is 0.00623 e. The van der Waals surface area contributed by atoms with Gasteiger partial charge in [-0.2, -0.15) is 0 Å². The fourth-order valence-electron chi connectivity index (χ4n) is 1.42. The van der Waals surface area contributed by atoms with Crippen molar-refractivity contribution in [2.24, 2.45) is 11.7 Å². The first-order valence-electron chi connectivity index (χ1n) is 5.59. The van der Waals surface area contributed by atoms with Crippen molar-refractivity contribution in [3.05, 3.63) is 0 Å². The van der Waals surface area contributed by atoms with E-state index in [-0.39, 0.29) is 24.8 Å². The molecular formula is C11H28Cl2N2. The molecule has 1 atom stereocenters. The number of hydrogen-bond donors (Lipinski definition) is 1. The van der Waals surface area contributed by atoms with Crippen LogP contribution in [0.4, 0.5) is 0 Å². The monoisotopic (exact) mass is 258 g/mol. The molecule has 0 heterocycles. The van der Waals surface area contributed by atoms with Gasteiger partial charge in [-0.15, -0.1) is 24.8 Å². The van der Waals surface area contributed by atoms with E-state index in [1.807, 2.05) is 0 Å². The minimum absolute atomic E-state index is 0. The zero-order chi connectivity index (χ0) is 10.3. The summed E-state index contributed by atoms with van der Waals surface area (Å²) >= 11 is 0. The van der Waals surface area contributed by atoms with E-state index in [4.69, 9.17) is 5.73 Å². The van der Waals surface area contributed by atoms with Gasteiger partial charge in [-0.05, 0) is 38.4 Å². The lowest BCUT2D eigenvalue weighted by molar-refractivity contribution is 0.287. The van der Waals surface area contributed by atoms with Gasteiger partial charge in [-0.25, -0.2) is 0 Å². The molecule has 0 aliphatic carbocycles. The van der Waals surface area contributed by atoms with Crippen LogP contribution in [-0.4, -0.2) is 30.6 Å². The third kappa shape index (κ3) is 10.8. The fourth-order valence-corrected chi connectivity index (χ4v) is 1.42. The summed E-state index contributed by atoms with van der Waals surface area (Å²) in [6.45, 7) is 12.3. The Morgan fingerprint density at radius 2 is 1.53 bits per heavy atom. The van der Waals surface area contributed by atoms with Gasteiger partial charge in [0.15, 0.2) is 0 Å². The highest BCUT2D eigenvalue weighted by molar-refractivity contribution is 5.85. The lowest BCUT2D eigenvalue weighted by Crippen LogP contribution is -2.29. The minimum atomic E-state index is 0. The van der Waals surface area contributed by atoms with E-state index in [0.717, 1.165) is 19.5 Å². The third-order valence-electron chi connectivity index (χ3n) is 2.76. The van der Waals surface area contributed by atoms with Crippen LogP contribution in [0.15, 0.2) is 0 Å². The molecule has 0 saturated carbocycles. The summed E-state index contributed by atoms with van der Waals surface area (Å²) in [6, 6.07) is 0.385. The first kappa shape index (κ1) is 20.9. The van der Waals surface area contributed by atoms with Crippen LogP contribution in [0.2, 0.25) is 0 Å². The van der Waals surface area contributed by atoms with Gasteiger partial charge in [-0.3, -0.25) is 0 Å². The average Bonchev–Trinajstić information content (AvgIpc) is 2.12. The van der Waals surface area contributed by atoms with Crippen molar-refractivity contribution >= 4 is 24.8 Å². The Balaban J connectivity index is -0.000000720. The van der Waals surface area contributed by atoms with Gasteiger partial charge >= 0.3 is 0 Å². The van der Waals surface area contributed by atoms with Crippen molar-refractivity contribution in [2.45, 2.75) is 46.6 Å². The number of rotatable bonds is 7. The lowest BCUT2D eigenvalue weighted by Gasteiger charge is -2.20. The van der Waals surface area contributed by atoms with Gasteiger partial charge < -0.3 is 10.6 Å². The Labute approximate surface area is 108 Å². The standard InChI is InChI=1S/C11H26N2.2ClH/c1-5-13(6-2)9-7-8-11(12)10(3)4;;/h10-11H,5-9,12H2,1-4H3;2*1H. The third-order valence-corrected chi connectivity index (χ3v) is 2.76. The molecule has 0 aromatic rings. The first-order valence-corrected chi connectivity index (χ1v) is 5.59. The Kier molecular flexibility index (Phi) is 17.5. The van der Waals surface area contributed by atoms with Crippen LogP contribution >= 0.6 is 24.8 Å². The van der Waals surface area contributed by atoms with Crippen LogP contribution in [0.25, 0.3) is 0 Å². The number of nitrogens with two attached hydrogens (primary N) is 1. The summed E-state index contributed by atoms with van der Waals surface area (Å²) in [4.78, 5) is 2.45. The number of hydrogen-bond acceptors (Lipinski definition) is 2. The van der Waals surface area contributed by atoms with Gasteiger partial charge in [0.25, 0.3) is 0 Å². The normalized spacial score (nSPS) is 12.2. The van der Waals surface area contributed by atoms with E-state index in [2.05, 4.69) is 32.6 Å². The molecule has 0 rings (SSSR count). The molecule has 0 saturated heterocycles. The molecule has 0 aromatic carbocycles. The average molecular weight is 259 g/mol. The Bertz CT molecular complexity index is 115. The highest BCUT2D eigenvalue weighted by Crippen LogP contribution is 2.06. The van der Waals surface area contributed by atoms with Crippen molar-refractivity contribution in [3.63, 3.8) is 0 Å². The molecule has 96 valence electrons. The van der Waals surface area contributed by atoms with Crippen molar-refractivity contribution in [2.75, 3.05) is 19.6 Å². The fraction of sp³-hybridized carbons (Fsp3) is 1.00. The van der Waals surface area contributed by atoms with Crippen LogP contribution < -0.4 is 5.73 Å². The molecule has 1 unspecified atom stereocenters. The van der Waals surface area contributed by atoms with Gasteiger partial charge in [0, 0.05) is 6.04 Å². The predicted octanol–water partition coefficient (Wildman–Crippen LogP) is 2.94. The van der Waals surface area contributed by atoms with Crippen LogP contribution in [0.5, 0.6) is 0 Å². The molecule has 15 heavy (non-hydrogen) atoms. The second kappa shape index (κ2) is 12.6. The Morgan fingerprint density at radius 1 is 1.07 bits per heavy atom. The van der Waals surface area contributed by atoms with E-state index < -0.39 is 0 Å². The summed E-state index contributed by atoms with van der Waals surface area (Å²) in [5.41, 5.74) is 5.97. The van der Waals surface area contributed by atoms with Gasteiger partial charge in [0.1, 0.15) is 0 Å². The molecule has 0 aromatic heterocycles. The summed E-state index contributed by atoms with van der Waals surface area (Å²) in [5.74, 6) is 0.622. The van der Waals surface area contributed by atoms with E-state index >= 15 is 0 Å². The van der Waals surface area contributed by atoms with Crippen molar-refractivity contribution in [1.29, 1.82) is 0 Å². The highest BCUT2D eigenvalue weighted by atomic mass is 35.5. The second-order valence-electron chi connectivity index (χ2n) is 4.08. The summed E-state index contributed by atoms with van der Waals surface area (Å²) < 4.78 is 0. The lowest BCUT2D eigenvalue weighted by atomic mass is 10.0. The SMILES string of the molecule is CCN(CC)CCCC(N)C(C)C.Cl.Cl. The van der Waals surface area contributed by atoms with E-state index in [1.54, 1.807) is 0 Å². The zero-order valence-electron chi connectivity index (χ0n) is 10.5. The van der Waals surface area contributed by atoms with Crippen molar-refractivity contribution in [1.82, 2.24) is 4.90 Å². The number of halogens is 2. The summed E-state index contributed by atoms with van der Waals surface area (Å²) in [6.07, 6.45) is 2.40. The summed E-state index contributed by atoms with van der Waals surface area (Å²) in [7, 11) is 0. The second-order valence-corrected chi connectivity index (χ2v) is 4.08. The largest absolute Gasteiger partial charge is 0.327 e. The van der Waals surface area contributed by atoms with Gasteiger partial charge in [0.05, 0.1) is 0 Å². The van der Waals surface area contributed by atoms with Gasteiger partial charge in [0.2, 0.25) is 0 Å². The first-order chi connectivity index (χ1) is 6.11. The van der Waals surface area contributed by atoms with E-state index in [0.29, 0.717) is 12.0 Å². The topological polar surface area (TPSA) is 29.3 Å². The molecule has 0 amide bonds. The molecule has 0 fully saturated rings. The van der Waals surface area contributed by atoms with Crippen LogP contribution in [0, 0.1) is 5.92 Å². The quantitative estimate of drug-likeness (QED) is 0.761. The predicted molar refractivity (Wildman–Crippen MR) is 74.3 cm³/mol. The molecule has 0 aliphatic rings. The number of nitrogens with zero attached hydrogens (tertiary/aromatic N) is 1. The molecule has 2 nitrogen and oxygen atoms in total. The molecule has 0 bridgehead atoms. The Hall–Kier alpha value is 0.500. The Morgan fingerprint density at radius 3 is 1.87 bits per heavy atom. The highest BCUT2D eigenvalue weighted by Gasteiger charge is 2.07. The molecule has 2 N–H and O–H groups in total. The molecule has 0 radical (unpaired) electrons. The molecule has 0 aliphatic heterocycles. The molecular weight excluding hydrogens is 231 g/mol. The maximum Gasteiger partial charge on any atom is 0.00623 e. The molecule has 4 heteroatoms. The van der Waals surface area contributed by atoms with Crippen LogP contribution in [0.3, 0.4) is 0 Å². The van der Waals surface area contributed by atoms with Crippen molar-refractivity contribution < 1.29 is 0 Å². The maximum atomic E-state index is 5.97. The maximum absolute atomic E-state index is 5.97. The molecule has 0 spiro atoms.